The summed E-state index contributed by atoms with van der Waals surface area (Å²) in [5, 5.41) is 14.7. The number of pyridine rings is 1. The molecule has 7 nitrogen and oxygen atoms in total. The van der Waals surface area contributed by atoms with Gasteiger partial charge in [-0.3, -0.25) is 14.2 Å². The van der Waals surface area contributed by atoms with Crippen molar-refractivity contribution in [3.63, 3.8) is 0 Å². The second-order valence-corrected chi connectivity index (χ2v) is 10.1. The Kier molecular flexibility index (Phi) is 6.38. The molecule has 0 aliphatic heterocycles. The second-order valence-electron chi connectivity index (χ2n) is 10.1. The summed E-state index contributed by atoms with van der Waals surface area (Å²) >= 11 is 0. The van der Waals surface area contributed by atoms with Crippen molar-refractivity contribution in [2.24, 2.45) is 0 Å². The Morgan fingerprint density at radius 2 is 1.67 bits per heavy atom. The maximum Gasteiger partial charge on any atom is 0.261 e. The molecule has 3 aromatic carbocycles. The van der Waals surface area contributed by atoms with E-state index in [1.165, 1.54) is 4.57 Å². The lowest BCUT2D eigenvalue weighted by Crippen LogP contribution is -2.47. The molecule has 5 aromatic rings. The van der Waals surface area contributed by atoms with Gasteiger partial charge >= 0.3 is 0 Å². The number of quaternary nitrogens is 1. The highest BCUT2D eigenvalue weighted by Gasteiger charge is 2.22. The first kappa shape index (κ1) is 24.2. The average Bonchev–Trinajstić information content (AvgIpc) is 2.85. The van der Waals surface area contributed by atoms with E-state index >= 15 is 0 Å². The Morgan fingerprint density at radius 1 is 0.972 bits per heavy atom. The van der Waals surface area contributed by atoms with Gasteiger partial charge in [0, 0.05) is 39.9 Å². The Labute approximate surface area is 208 Å². The van der Waals surface area contributed by atoms with Crippen molar-refractivity contribution in [3.05, 3.63) is 81.9 Å². The molecule has 36 heavy (non-hydrogen) atoms. The monoisotopic (exact) mass is 487 g/mol. The summed E-state index contributed by atoms with van der Waals surface area (Å²) in [4.78, 5) is 26.9. The molecule has 0 radical (unpaired) electrons. The maximum atomic E-state index is 13.5. The van der Waals surface area contributed by atoms with Gasteiger partial charge in [-0.15, -0.1) is 6.58 Å². The summed E-state index contributed by atoms with van der Waals surface area (Å²) < 4.78 is 13.4. The molecular weight excluding hydrogens is 456 g/mol. The van der Waals surface area contributed by atoms with E-state index in [1.54, 1.807) is 12.1 Å². The normalized spacial score (nSPS) is 13.3. The Balaban J connectivity index is 1.46. The smallest absolute Gasteiger partial charge is 0.261 e. The average molecular weight is 488 g/mol. The molecule has 0 saturated carbocycles. The summed E-state index contributed by atoms with van der Waals surface area (Å²) in [7, 11) is 4.04. The highest BCUT2D eigenvalue weighted by Crippen LogP contribution is 2.36. The lowest BCUT2D eigenvalue weighted by molar-refractivity contribution is -0.893. The number of aromatic nitrogens is 1. The van der Waals surface area contributed by atoms with Crippen LogP contribution in [-0.4, -0.2) is 60.7 Å². The first-order chi connectivity index (χ1) is 17.3. The van der Waals surface area contributed by atoms with Gasteiger partial charge < -0.3 is 18.7 Å². The molecule has 0 spiro atoms. The fourth-order valence-corrected chi connectivity index (χ4v) is 5.27. The molecule has 1 atom stereocenters. The molecule has 2 heterocycles. The lowest BCUT2D eigenvalue weighted by atomic mass is 9.96. The van der Waals surface area contributed by atoms with Crippen molar-refractivity contribution >= 4 is 43.5 Å². The second kappa shape index (κ2) is 9.50. The molecule has 0 aliphatic rings. The van der Waals surface area contributed by atoms with Crippen LogP contribution in [0.4, 0.5) is 0 Å². The van der Waals surface area contributed by atoms with Crippen LogP contribution < -0.4 is 11.1 Å². The van der Waals surface area contributed by atoms with Crippen LogP contribution in [0.3, 0.4) is 0 Å². The minimum absolute atomic E-state index is 0.246. The van der Waals surface area contributed by atoms with E-state index in [9.17, 15) is 14.7 Å². The number of ether oxygens (including phenoxy) is 1. The number of aliphatic hydroxyl groups excluding tert-OH is 1. The molecule has 186 valence electrons. The topological polar surface area (TPSA) is 81.7 Å². The standard InChI is InChI=1S/C29H31N2O5/c1-4-16-35-18-19(32)17-31(2,3)15-7-14-30-28(33)22-11-10-21-20-8-5-6-9-24(20)36-25-13-12-23(29(30)34)26(22)27(21)25/h4-6,8-13,19,32H,1,7,14-18H2,2-3H3/q+1. The summed E-state index contributed by atoms with van der Waals surface area (Å²) in [6, 6.07) is 15.2. The van der Waals surface area contributed by atoms with Gasteiger partial charge in [0.05, 0.1) is 33.9 Å². The third-order valence-electron chi connectivity index (χ3n) is 6.87. The zero-order valence-corrected chi connectivity index (χ0v) is 20.7. The molecule has 0 bridgehead atoms. The molecule has 0 saturated heterocycles. The first-order valence-corrected chi connectivity index (χ1v) is 12.2. The highest BCUT2D eigenvalue weighted by atomic mass is 16.5. The molecule has 0 fully saturated rings. The van der Waals surface area contributed by atoms with Crippen molar-refractivity contribution in [2.45, 2.75) is 19.1 Å². The third kappa shape index (κ3) is 4.30. The number of para-hydroxylation sites is 1. The Bertz CT molecular complexity index is 1650. The van der Waals surface area contributed by atoms with Gasteiger partial charge in [-0.2, -0.15) is 0 Å². The van der Waals surface area contributed by atoms with Crippen LogP contribution in [0.15, 0.2) is 75.2 Å². The quantitative estimate of drug-likeness (QED) is 0.106. The van der Waals surface area contributed by atoms with E-state index in [-0.39, 0.29) is 17.7 Å². The van der Waals surface area contributed by atoms with Crippen molar-refractivity contribution < 1.29 is 18.7 Å². The van der Waals surface area contributed by atoms with Crippen LogP contribution in [0.2, 0.25) is 0 Å². The number of hydrogen-bond acceptors (Lipinski definition) is 5. The van der Waals surface area contributed by atoms with Crippen LogP contribution in [-0.2, 0) is 11.3 Å². The number of benzene rings is 3. The zero-order valence-electron chi connectivity index (χ0n) is 20.7. The molecule has 0 aliphatic carbocycles. The minimum Gasteiger partial charge on any atom is -0.456 e. The molecule has 5 rings (SSSR count). The minimum atomic E-state index is -0.600. The molecule has 0 amide bonds. The number of aliphatic hydroxyl groups is 1. The van der Waals surface area contributed by atoms with Crippen molar-refractivity contribution in [1.82, 2.24) is 4.57 Å². The summed E-state index contributed by atoms with van der Waals surface area (Å²) in [5.74, 6) is 0. The lowest BCUT2D eigenvalue weighted by Gasteiger charge is -2.31. The fraction of sp³-hybridized carbons (Fsp3) is 0.310. The van der Waals surface area contributed by atoms with Crippen molar-refractivity contribution in [2.75, 3.05) is 40.4 Å². The largest absolute Gasteiger partial charge is 0.456 e. The highest BCUT2D eigenvalue weighted by molar-refractivity contribution is 6.26. The van der Waals surface area contributed by atoms with Crippen LogP contribution >= 0.6 is 0 Å². The number of nitrogens with zero attached hydrogens (tertiary/aromatic N) is 2. The third-order valence-corrected chi connectivity index (χ3v) is 6.87. The SMILES string of the molecule is C=CCOCC(O)C[N+](C)(C)CCCn1c(=O)c2ccc3oc4ccccc4c4ccc(c1=O)c2c34. The molecular formula is C29H31N2O5+. The predicted octanol–water partition coefficient (Wildman–Crippen LogP) is 3.88. The molecule has 1 unspecified atom stereocenters. The fourth-order valence-electron chi connectivity index (χ4n) is 5.27. The van der Waals surface area contributed by atoms with E-state index in [0.717, 1.165) is 21.7 Å². The first-order valence-electron chi connectivity index (χ1n) is 12.2. The van der Waals surface area contributed by atoms with Crippen LogP contribution in [0.25, 0.3) is 43.5 Å². The van der Waals surface area contributed by atoms with Gasteiger partial charge in [-0.25, -0.2) is 0 Å². The summed E-state index contributed by atoms with van der Waals surface area (Å²) in [6.45, 7) is 5.77. The van der Waals surface area contributed by atoms with E-state index in [0.29, 0.717) is 58.9 Å². The van der Waals surface area contributed by atoms with Crippen molar-refractivity contribution in [1.29, 1.82) is 0 Å². The number of rotatable bonds is 10. The molecule has 7 heteroatoms. The maximum absolute atomic E-state index is 13.5. The van der Waals surface area contributed by atoms with Gasteiger partial charge in [-0.1, -0.05) is 30.3 Å². The van der Waals surface area contributed by atoms with Gasteiger partial charge in [0.15, 0.2) is 0 Å². The van der Waals surface area contributed by atoms with E-state index in [1.807, 2.05) is 56.6 Å². The van der Waals surface area contributed by atoms with Gasteiger partial charge in [0.1, 0.15) is 23.8 Å². The van der Waals surface area contributed by atoms with Crippen LogP contribution in [0.1, 0.15) is 6.42 Å². The predicted molar refractivity (Wildman–Crippen MR) is 144 cm³/mol. The number of hydrogen-bond donors (Lipinski definition) is 1. The Hall–Kier alpha value is -3.52. The summed E-state index contributed by atoms with van der Waals surface area (Å²) in [6.07, 6.45) is 1.67. The number of likely N-dealkylation sites (N-methyl/N-ethyl adjacent to an activating group) is 1. The Morgan fingerprint density at radius 3 is 2.42 bits per heavy atom. The number of fused-ring (bicyclic) bond motifs is 2. The molecule has 1 N–H and O–H groups in total. The van der Waals surface area contributed by atoms with Gasteiger partial charge in [0.2, 0.25) is 0 Å². The summed E-state index contributed by atoms with van der Waals surface area (Å²) in [5.41, 5.74) is 0.866. The van der Waals surface area contributed by atoms with E-state index in [4.69, 9.17) is 9.15 Å². The van der Waals surface area contributed by atoms with Gasteiger partial charge in [0.25, 0.3) is 11.1 Å². The van der Waals surface area contributed by atoms with Crippen molar-refractivity contribution in [3.8, 4) is 0 Å². The van der Waals surface area contributed by atoms with Crippen LogP contribution in [0.5, 0.6) is 0 Å². The molecule has 2 aromatic heterocycles. The van der Waals surface area contributed by atoms with Crippen LogP contribution in [0, 0.1) is 0 Å². The van der Waals surface area contributed by atoms with Gasteiger partial charge in [-0.05, 0) is 29.7 Å². The zero-order chi connectivity index (χ0) is 25.4. The van der Waals surface area contributed by atoms with E-state index in [2.05, 4.69) is 6.58 Å². The van der Waals surface area contributed by atoms with E-state index < -0.39 is 6.10 Å².